The summed E-state index contributed by atoms with van der Waals surface area (Å²) in [5.74, 6) is -0.750. The number of aromatic nitrogens is 1. The number of ketones is 1. The van der Waals surface area contributed by atoms with Crippen molar-refractivity contribution in [3.63, 3.8) is 0 Å². The van der Waals surface area contributed by atoms with Crippen LogP contribution in [-0.2, 0) is 0 Å². The molecule has 6 heteroatoms. The van der Waals surface area contributed by atoms with Gasteiger partial charge < -0.3 is 11.5 Å². The molecule has 0 fully saturated rings. The van der Waals surface area contributed by atoms with E-state index in [1.54, 1.807) is 24.3 Å². The number of nitrogen functional groups attached to an aromatic ring is 2. The summed E-state index contributed by atoms with van der Waals surface area (Å²) >= 11 is 5.94. The molecule has 0 unspecified atom stereocenters. The lowest BCUT2D eigenvalue weighted by Gasteiger charge is -2.10. The molecule has 4 nitrogen and oxygen atoms in total. The molecule has 23 heavy (non-hydrogen) atoms. The van der Waals surface area contributed by atoms with Crippen molar-refractivity contribution in [2.24, 2.45) is 0 Å². The number of carbonyl (C=O) groups excluding carboxylic acids is 1. The third-order valence-corrected chi connectivity index (χ3v) is 4.01. The first-order chi connectivity index (χ1) is 10.9. The van der Waals surface area contributed by atoms with E-state index < -0.39 is 5.82 Å². The van der Waals surface area contributed by atoms with Crippen LogP contribution >= 0.6 is 11.6 Å². The molecular weight excluding hydrogens is 317 g/mol. The van der Waals surface area contributed by atoms with Crippen LogP contribution in [-0.4, -0.2) is 10.8 Å². The van der Waals surface area contributed by atoms with Gasteiger partial charge in [-0.2, -0.15) is 0 Å². The van der Waals surface area contributed by atoms with E-state index in [-0.39, 0.29) is 16.5 Å². The van der Waals surface area contributed by atoms with Gasteiger partial charge in [0.25, 0.3) is 0 Å². The summed E-state index contributed by atoms with van der Waals surface area (Å²) in [6.45, 7) is 1.43. The lowest BCUT2D eigenvalue weighted by Crippen LogP contribution is -2.02. The smallest absolute Gasteiger partial charge is 0.163 e. The third kappa shape index (κ3) is 2.59. The normalized spacial score (nSPS) is 10.9. The van der Waals surface area contributed by atoms with Gasteiger partial charge in [0.15, 0.2) is 5.78 Å². The summed E-state index contributed by atoms with van der Waals surface area (Å²) in [6.07, 6.45) is 1.46. The molecule has 0 aliphatic heterocycles. The minimum Gasteiger partial charge on any atom is -0.398 e. The Morgan fingerprint density at radius 2 is 1.87 bits per heavy atom. The molecule has 2 aromatic carbocycles. The maximum Gasteiger partial charge on any atom is 0.163 e. The number of fused-ring (bicyclic) bond motifs is 1. The summed E-state index contributed by atoms with van der Waals surface area (Å²) in [5.41, 5.74) is 14.1. The fourth-order valence-corrected chi connectivity index (χ4v) is 2.63. The van der Waals surface area contributed by atoms with Crippen LogP contribution in [0.5, 0.6) is 0 Å². The highest BCUT2D eigenvalue weighted by molar-refractivity contribution is 6.33. The molecule has 116 valence electrons. The predicted molar refractivity (Wildman–Crippen MR) is 91.0 cm³/mol. The fraction of sp³-hybridized carbons (Fsp3) is 0.0588. The number of Topliss-reactive ketones (excluding diaryl/α,β-unsaturated/α-hetero) is 1. The minimum atomic E-state index is -0.587. The molecule has 3 rings (SSSR count). The van der Waals surface area contributed by atoms with Gasteiger partial charge in [0.2, 0.25) is 0 Å². The number of anilines is 2. The van der Waals surface area contributed by atoms with Crippen LogP contribution in [0.3, 0.4) is 0 Å². The van der Waals surface area contributed by atoms with Gasteiger partial charge in [-0.1, -0.05) is 17.7 Å². The molecule has 0 aliphatic carbocycles. The lowest BCUT2D eigenvalue weighted by molar-refractivity contribution is 0.101. The molecule has 0 atom stereocenters. The van der Waals surface area contributed by atoms with Crippen molar-refractivity contribution in [3.05, 3.63) is 52.9 Å². The molecule has 1 heterocycles. The Bertz CT molecular complexity index is 933. The van der Waals surface area contributed by atoms with Gasteiger partial charge in [-0.15, -0.1) is 0 Å². The van der Waals surface area contributed by atoms with E-state index in [0.717, 1.165) is 0 Å². The molecule has 0 saturated carbocycles. The van der Waals surface area contributed by atoms with Crippen LogP contribution in [0.25, 0.3) is 22.0 Å². The first-order valence-electron chi connectivity index (χ1n) is 6.82. The number of carbonyl (C=O) groups is 1. The number of benzene rings is 2. The second kappa shape index (κ2) is 5.52. The number of rotatable bonds is 2. The van der Waals surface area contributed by atoms with Crippen LogP contribution in [0.15, 0.2) is 36.5 Å². The summed E-state index contributed by atoms with van der Waals surface area (Å²) < 4.78 is 13.8. The molecule has 0 aliphatic rings. The first-order valence-corrected chi connectivity index (χ1v) is 7.20. The molecular formula is C17H13ClFN3O. The van der Waals surface area contributed by atoms with Gasteiger partial charge in [0, 0.05) is 11.6 Å². The Labute approximate surface area is 136 Å². The van der Waals surface area contributed by atoms with Gasteiger partial charge in [-0.25, -0.2) is 4.39 Å². The highest BCUT2D eigenvalue weighted by Crippen LogP contribution is 2.33. The maximum absolute atomic E-state index is 13.8. The average molecular weight is 330 g/mol. The van der Waals surface area contributed by atoms with Gasteiger partial charge in [-0.05, 0) is 42.3 Å². The Balaban J connectivity index is 2.24. The SMILES string of the molecule is CC(=O)c1cnc2ccc(-c3cc(F)c(N)c(Cl)c3)cc2c1N. The quantitative estimate of drug-likeness (QED) is 0.548. The zero-order chi connectivity index (χ0) is 16.7. The zero-order valence-electron chi connectivity index (χ0n) is 12.2. The number of hydrogen-bond donors (Lipinski definition) is 2. The van der Waals surface area contributed by atoms with E-state index in [1.165, 1.54) is 19.2 Å². The van der Waals surface area contributed by atoms with E-state index in [4.69, 9.17) is 23.1 Å². The van der Waals surface area contributed by atoms with E-state index in [0.29, 0.717) is 33.3 Å². The molecule has 0 spiro atoms. The van der Waals surface area contributed by atoms with Gasteiger partial charge >= 0.3 is 0 Å². The van der Waals surface area contributed by atoms with Crippen LogP contribution in [0.1, 0.15) is 17.3 Å². The van der Waals surface area contributed by atoms with E-state index in [1.807, 2.05) is 0 Å². The third-order valence-electron chi connectivity index (χ3n) is 3.70. The van der Waals surface area contributed by atoms with Crippen LogP contribution in [0.2, 0.25) is 5.02 Å². The Hall–Kier alpha value is -2.66. The van der Waals surface area contributed by atoms with Gasteiger partial charge in [0.05, 0.1) is 27.5 Å². The average Bonchev–Trinajstić information content (AvgIpc) is 2.52. The minimum absolute atomic E-state index is 0.0868. The van der Waals surface area contributed by atoms with Crippen LogP contribution < -0.4 is 11.5 Å². The fourth-order valence-electron chi connectivity index (χ4n) is 2.42. The summed E-state index contributed by atoms with van der Waals surface area (Å²) in [4.78, 5) is 15.8. The van der Waals surface area contributed by atoms with E-state index in [9.17, 15) is 9.18 Å². The molecule has 0 radical (unpaired) electrons. The van der Waals surface area contributed by atoms with Crippen LogP contribution in [0, 0.1) is 5.82 Å². The predicted octanol–water partition coefficient (Wildman–Crippen LogP) is 4.06. The summed E-state index contributed by atoms with van der Waals surface area (Å²) in [5, 5.41) is 0.771. The van der Waals surface area contributed by atoms with Crippen LogP contribution in [0.4, 0.5) is 15.8 Å². The summed E-state index contributed by atoms with van der Waals surface area (Å²) in [7, 11) is 0. The van der Waals surface area contributed by atoms with E-state index >= 15 is 0 Å². The van der Waals surface area contributed by atoms with E-state index in [2.05, 4.69) is 4.98 Å². The van der Waals surface area contributed by atoms with Crippen molar-refractivity contribution in [3.8, 4) is 11.1 Å². The monoisotopic (exact) mass is 329 g/mol. The molecule has 0 amide bonds. The van der Waals surface area contributed by atoms with Crippen molar-refractivity contribution in [1.29, 1.82) is 0 Å². The van der Waals surface area contributed by atoms with Crippen molar-refractivity contribution in [1.82, 2.24) is 4.98 Å². The Morgan fingerprint density at radius 1 is 1.13 bits per heavy atom. The molecule has 3 aromatic rings. The summed E-state index contributed by atoms with van der Waals surface area (Å²) in [6, 6.07) is 8.18. The largest absolute Gasteiger partial charge is 0.398 e. The second-order valence-electron chi connectivity index (χ2n) is 5.23. The lowest BCUT2D eigenvalue weighted by atomic mass is 10.0. The Kier molecular flexibility index (Phi) is 3.66. The molecule has 0 saturated heterocycles. The molecule has 0 bridgehead atoms. The second-order valence-corrected chi connectivity index (χ2v) is 5.63. The first kappa shape index (κ1) is 15.2. The molecule has 4 N–H and O–H groups in total. The zero-order valence-corrected chi connectivity index (χ0v) is 13.0. The number of nitrogens with two attached hydrogens (primary N) is 2. The molecule has 1 aromatic heterocycles. The van der Waals surface area contributed by atoms with Crippen molar-refractivity contribution in [2.75, 3.05) is 11.5 Å². The highest BCUT2D eigenvalue weighted by Gasteiger charge is 2.12. The van der Waals surface area contributed by atoms with Gasteiger partial charge in [0.1, 0.15) is 5.82 Å². The van der Waals surface area contributed by atoms with Crippen molar-refractivity contribution < 1.29 is 9.18 Å². The standard InChI is InChI=1S/C17H13ClFN3O/c1-8(23)12-7-22-15-3-2-9(4-11(15)16(12)20)10-5-13(18)17(21)14(19)6-10/h2-7H,21H2,1H3,(H2,20,22). The topological polar surface area (TPSA) is 82.0 Å². The Morgan fingerprint density at radius 3 is 2.52 bits per heavy atom. The number of hydrogen-bond acceptors (Lipinski definition) is 4. The highest BCUT2D eigenvalue weighted by atomic mass is 35.5. The number of nitrogens with zero attached hydrogens (tertiary/aromatic N) is 1. The number of halogens is 2. The van der Waals surface area contributed by atoms with Gasteiger partial charge in [-0.3, -0.25) is 9.78 Å². The van der Waals surface area contributed by atoms with Crippen molar-refractivity contribution in [2.45, 2.75) is 6.92 Å². The number of pyridine rings is 1. The maximum atomic E-state index is 13.8. The van der Waals surface area contributed by atoms with Crippen molar-refractivity contribution >= 4 is 39.7 Å².